The summed E-state index contributed by atoms with van der Waals surface area (Å²) < 4.78 is 5.37. The molecule has 0 aromatic heterocycles. The Labute approximate surface area is 85.4 Å². The first-order valence-electron chi connectivity index (χ1n) is 5.07. The van der Waals surface area contributed by atoms with E-state index in [1.807, 2.05) is 0 Å². The zero-order valence-electron chi connectivity index (χ0n) is 9.25. The Kier molecular flexibility index (Phi) is 3.50. The van der Waals surface area contributed by atoms with E-state index in [-0.39, 0.29) is 5.91 Å². The summed E-state index contributed by atoms with van der Waals surface area (Å²) >= 11 is 0. The van der Waals surface area contributed by atoms with Crippen LogP contribution in [0.3, 0.4) is 0 Å². The van der Waals surface area contributed by atoms with Gasteiger partial charge in [-0.05, 0) is 19.8 Å². The van der Waals surface area contributed by atoms with Gasteiger partial charge in [0.1, 0.15) is 0 Å². The summed E-state index contributed by atoms with van der Waals surface area (Å²) in [5.41, 5.74) is 5.00. The molecule has 4 heteroatoms. The summed E-state index contributed by atoms with van der Waals surface area (Å²) in [5, 5.41) is 0. The molecule has 0 aromatic rings. The van der Waals surface area contributed by atoms with Gasteiger partial charge in [0.25, 0.3) is 0 Å². The van der Waals surface area contributed by atoms with Crippen LogP contribution in [0.5, 0.6) is 0 Å². The van der Waals surface area contributed by atoms with Crippen molar-refractivity contribution in [3.8, 4) is 0 Å². The number of ether oxygens (including phenoxy) is 1. The summed E-state index contributed by atoms with van der Waals surface area (Å²) in [6, 6.07) is 0. The second kappa shape index (κ2) is 4.28. The number of hydrogen-bond acceptors (Lipinski definition) is 3. The second-order valence-corrected chi connectivity index (χ2v) is 4.65. The van der Waals surface area contributed by atoms with Crippen LogP contribution in [0.2, 0.25) is 0 Å². The van der Waals surface area contributed by atoms with Crippen molar-refractivity contribution in [2.45, 2.75) is 26.3 Å². The van der Waals surface area contributed by atoms with Gasteiger partial charge < -0.3 is 15.4 Å². The minimum Gasteiger partial charge on any atom is -0.379 e. The van der Waals surface area contributed by atoms with Crippen LogP contribution in [-0.4, -0.2) is 42.6 Å². The molecule has 1 unspecified atom stereocenters. The molecule has 0 bridgehead atoms. The fourth-order valence-corrected chi connectivity index (χ4v) is 1.57. The van der Waals surface area contributed by atoms with E-state index < -0.39 is 5.54 Å². The van der Waals surface area contributed by atoms with Crippen LogP contribution in [0, 0.1) is 5.92 Å². The molecule has 1 heterocycles. The van der Waals surface area contributed by atoms with Gasteiger partial charge in [0, 0.05) is 13.1 Å². The van der Waals surface area contributed by atoms with E-state index >= 15 is 0 Å². The highest BCUT2D eigenvalue weighted by atomic mass is 16.5. The van der Waals surface area contributed by atoms with Gasteiger partial charge in [-0.3, -0.25) is 4.79 Å². The van der Waals surface area contributed by atoms with Crippen molar-refractivity contribution in [1.82, 2.24) is 4.90 Å². The number of carbonyl (C=O) groups is 1. The van der Waals surface area contributed by atoms with Crippen LogP contribution in [0.4, 0.5) is 0 Å². The van der Waals surface area contributed by atoms with Gasteiger partial charge in [0.2, 0.25) is 5.91 Å². The van der Waals surface area contributed by atoms with Crippen molar-refractivity contribution < 1.29 is 9.53 Å². The van der Waals surface area contributed by atoms with Crippen LogP contribution in [-0.2, 0) is 9.53 Å². The maximum atomic E-state index is 11.9. The monoisotopic (exact) mass is 200 g/mol. The molecule has 14 heavy (non-hydrogen) atoms. The lowest BCUT2D eigenvalue weighted by molar-refractivity contribution is -0.136. The Hall–Kier alpha value is -0.610. The molecule has 1 atom stereocenters. The van der Waals surface area contributed by atoms with E-state index in [1.54, 1.807) is 18.7 Å². The molecule has 4 nitrogen and oxygen atoms in total. The maximum absolute atomic E-state index is 11.9. The number of nitrogens with zero attached hydrogens (tertiary/aromatic N) is 1. The van der Waals surface area contributed by atoms with Gasteiger partial charge in [-0.15, -0.1) is 0 Å². The summed E-state index contributed by atoms with van der Waals surface area (Å²) in [6.07, 6.45) is 0. The normalized spacial score (nSPS) is 24.6. The largest absolute Gasteiger partial charge is 0.379 e. The van der Waals surface area contributed by atoms with E-state index in [9.17, 15) is 4.79 Å². The van der Waals surface area contributed by atoms with Crippen LogP contribution >= 0.6 is 0 Å². The lowest BCUT2D eigenvalue weighted by atomic mass is 10.0. The van der Waals surface area contributed by atoms with E-state index in [1.165, 1.54) is 0 Å². The van der Waals surface area contributed by atoms with Gasteiger partial charge in [0.15, 0.2) is 0 Å². The molecule has 0 aliphatic carbocycles. The maximum Gasteiger partial charge on any atom is 0.242 e. The van der Waals surface area contributed by atoms with E-state index in [0.717, 1.165) is 13.2 Å². The lowest BCUT2D eigenvalue weighted by Crippen LogP contribution is -2.52. The molecule has 1 aliphatic heterocycles. The highest BCUT2D eigenvalue weighted by Gasteiger charge is 2.29. The third-order valence-corrected chi connectivity index (χ3v) is 2.28. The Balaban J connectivity index is 2.62. The Morgan fingerprint density at radius 1 is 1.57 bits per heavy atom. The van der Waals surface area contributed by atoms with Crippen LogP contribution < -0.4 is 5.73 Å². The molecule has 1 rings (SSSR count). The second-order valence-electron chi connectivity index (χ2n) is 4.65. The third-order valence-electron chi connectivity index (χ3n) is 2.28. The van der Waals surface area contributed by atoms with E-state index in [0.29, 0.717) is 19.1 Å². The van der Waals surface area contributed by atoms with Gasteiger partial charge in [-0.25, -0.2) is 0 Å². The Morgan fingerprint density at radius 2 is 2.21 bits per heavy atom. The van der Waals surface area contributed by atoms with Gasteiger partial charge in [-0.2, -0.15) is 0 Å². The number of rotatable bonds is 1. The zero-order chi connectivity index (χ0) is 10.8. The number of hydrogen-bond donors (Lipinski definition) is 1. The summed E-state index contributed by atoms with van der Waals surface area (Å²) in [5.74, 6) is 0.402. The smallest absolute Gasteiger partial charge is 0.242 e. The highest BCUT2D eigenvalue weighted by molar-refractivity contribution is 5.85. The van der Waals surface area contributed by atoms with Gasteiger partial charge in [-0.1, -0.05) is 6.92 Å². The Morgan fingerprint density at radius 3 is 2.79 bits per heavy atom. The lowest BCUT2D eigenvalue weighted by Gasteiger charge is -2.28. The van der Waals surface area contributed by atoms with Crippen molar-refractivity contribution in [3.63, 3.8) is 0 Å². The first kappa shape index (κ1) is 11.5. The molecule has 2 N–H and O–H groups in total. The number of carbonyl (C=O) groups excluding carboxylic acids is 1. The molecule has 82 valence electrons. The zero-order valence-corrected chi connectivity index (χ0v) is 9.25. The fourth-order valence-electron chi connectivity index (χ4n) is 1.57. The van der Waals surface area contributed by atoms with Crippen molar-refractivity contribution in [2.75, 3.05) is 26.3 Å². The van der Waals surface area contributed by atoms with Crippen molar-refractivity contribution in [3.05, 3.63) is 0 Å². The number of amides is 1. The quantitative estimate of drug-likeness (QED) is 0.658. The summed E-state index contributed by atoms with van der Waals surface area (Å²) in [4.78, 5) is 13.7. The van der Waals surface area contributed by atoms with Crippen LogP contribution in [0.15, 0.2) is 0 Å². The molecule has 0 radical (unpaired) electrons. The SMILES string of the molecule is CC1COCCN(C(=O)C(C)(C)N)C1. The van der Waals surface area contributed by atoms with E-state index in [4.69, 9.17) is 10.5 Å². The van der Waals surface area contributed by atoms with Crippen molar-refractivity contribution in [2.24, 2.45) is 11.7 Å². The van der Waals surface area contributed by atoms with Gasteiger partial charge >= 0.3 is 0 Å². The van der Waals surface area contributed by atoms with Crippen LogP contribution in [0.1, 0.15) is 20.8 Å². The fraction of sp³-hybridized carbons (Fsp3) is 0.900. The topological polar surface area (TPSA) is 55.6 Å². The molecule has 1 fully saturated rings. The van der Waals surface area contributed by atoms with Crippen molar-refractivity contribution >= 4 is 5.91 Å². The third kappa shape index (κ3) is 2.96. The average Bonchev–Trinajstić information content (AvgIpc) is 2.26. The average molecular weight is 200 g/mol. The molecule has 1 amide bonds. The minimum absolute atomic E-state index is 0.00912. The summed E-state index contributed by atoms with van der Waals surface area (Å²) in [7, 11) is 0. The molecular weight excluding hydrogens is 180 g/mol. The molecule has 1 saturated heterocycles. The Bertz CT molecular complexity index is 211. The number of nitrogens with two attached hydrogens (primary N) is 1. The standard InChI is InChI=1S/C10H20N2O2/c1-8-6-12(4-5-14-7-8)9(13)10(2,3)11/h8H,4-7,11H2,1-3H3. The van der Waals surface area contributed by atoms with Gasteiger partial charge in [0.05, 0.1) is 18.8 Å². The first-order chi connectivity index (χ1) is 6.41. The van der Waals surface area contributed by atoms with E-state index in [2.05, 4.69) is 6.92 Å². The first-order valence-corrected chi connectivity index (χ1v) is 5.07. The summed E-state index contributed by atoms with van der Waals surface area (Å²) in [6.45, 7) is 8.32. The molecule has 0 aromatic carbocycles. The molecule has 1 aliphatic rings. The predicted molar refractivity (Wildman–Crippen MR) is 54.8 cm³/mol. The predicted octanol–water partition coefficient (Wildman–Crippen LogP) is 0.219. The highest BCUT2D eigenvalue weighted by Crippen LogP contribution is 2.10. The minimum atomic E-state index is -0.774. The molecular formula is C10H20N2O2. The molecule has 0 spiro atoms. The van der Waals surface area contributed by atoms with Crippen molar-refractivity contribution in [1.29, 1.82) is 0 Å². The van der Waals surface area contributed by atoms with Crippen LogP contribution in [0.25, 0.3) is 0 Å². The molecule has 0 saturated carbocycles.